The number of ether oxygens (including phenoxy) is 1. The normalized spacial score (nSPS) is 25.6. The van der Waals surface area contributed by atoms with Gasteiger partial charge in [0, 0.05) is 37.8 Å². The van der Waals surface area contributed by atoms with Gasteiger partial charge in [-0.25, -0.2) is 9.97 Å². The lowest BCUT2D eigenvalue weighted by atomic mass is 9.80. The summed E-state index contributed by atoms with van der Waals surface area (Å²) in [5.74, 6) is 1.01. The van der Waals surface area contributed by atoms with E-state index < -0.39 is 0 Å². The summed E-state index contributed by atoms with van der Waals surface area (Å²) in [5.41, 5.74) is 1.91. The number of hydrogen-bond donors (Lipinski definition) is 0. The van der Waals surface area contributed by atoms with E-state index >= 15 is 0 Å². The first kappa shape index (κ1) is 14.8. The van der Waals surface area contributed by atoms with Gasteiger partial charge in [-0.05, 0) is 18.9 Å². The fraction of sp³-hybridized carbons (Fsp3) is 0.600. The molecule has 0 bridgehead atoms. The molecule has 1 spiro atoms. The van der Waals surface area contributed by atoms with Crippen LogP contribution in [0.1, 0.15) is 12.8 Å². The molecule has 23 heavy (non-hydrogen) atoms. The molecule has 4 rings (SSSR count). The van der Waals surface area contributed by atoms with Crippen LogP contribution in [0, 0.1) is 5.41 Å². The standard InChI is InChI=1S/C15H20N6OS/c1-3-15(8-20(5-1)13-2-4-16-11-17-13)9-21(6-7-22-10-15)14-19-18-12-23-14/h2,4,11-12H,1,3,5-10H2. The highest BCUT2D eigenvalue weighted by molar-refractivity contribution is 7.13. The first-order valence-electron chi connectivity index (χ1n) is 7.95. The Balaban J connectivity index is 1.55. The Bertz CT molecular complexity index is 624. The van der Waals surface area contributed by atoms with Crippen molar-refractivity contribution in [2.45, 2.75) is 12.8 Å². The Morgan fingerprint density at radius 2 is 2.17 bits per heavy atom. The minimum Gasteiger partial charge on any atom is -0.379 e. The number of aromatic nitrogens is 4. The second-order valence-corrected chi connectivity index (χ2v) is 7.10. The highest BCUT2D eigenvalue weighted by atomic mass is 32.1. The number of nitrogens with zero attached hydrogens (tertiary/aromatic N) is 6. The van der Waals surface area contributed by atoms with E-state index in [9.17, 15) is 0 Å². The van der Waals surface area contributed by atoms with Crippen molar-refractivity contribution < 1.29 is 4.74 Å². The third-order valence-electron chi connectivity index (χ3n) is 4.61. The summed E-state index contributed by atoms with van der Waals surface area (Å²) < 4.78 is 5.96. The van der Waals surface area contributed by atoms with E-state index in [1.807, 2.05) is 6.07 Å². The van der Waals surface area contributed by atoms with Gasteiger partial charge >= 0.3 is 0 Å². The maximum atomic E-state index is 5.96. The van der Waals surface area contributed by atoms with Crippen LogP contribution >= 0.6 is 11.3 Å². The van der Waals surface area contributed by atoms with E-state index in [1.165, 1.54) is 6.42 Å². The van der Waals surface area contributed by atoms with Crippen LogP contribution < -0.4 is 9.80 Å². The monoisotopic (exact) mass is 332 g/mol. The van der Waals surface area contributed by atoms with Crippen molar-refractivity contribution in [2.75, 3.05) is 49.2 Å². The predicted octanol–water partition coefficient (Wildman–Crippen LogP) is 1.45. The third-order valence-corrected chi connectivity index (χ3v) is 5.36. The van der Waals surface area contributed by atoms with E-state index in [1.54, 1.807) is 29.4 Å². The Hall–Kier alpha value is -1.80. The second kappa shape index (κ2) is 6.37. The highest BCUT2D eigenvalue weighted by Gasteiger charge is 2.40. The zero-order chi connectivity index (χ0) is 15.5. The first-order valence-corrected chi connectivity index (χ1v) is 8.83. The predicted molar refractivity (Wildman–Crippen MR) is 88.9 cm³/mol. The summed E-state index contributed by atoms with van der Waals surface area (Å²) in [6.45, 7) is 5.38. The summed E-state index contributed by atoms with van der Waals surface area (Å²) in [4.78, 5) is 13.1. The van der Waals surface area contributed by atoms with E-state index in [-0.39, 0.29) is 5.41 Å². The van der Waals surface area contributed by atoms with Crippen molar-refractivity contribution in [2.24, 2.45) is 5.41 Å². The third kappa shape index (κ3) is 3.13. The fourth-order valence-electron chi connectivity index (χ4n) is 3.58. The molecule has 7 nitrogen and oxygen atoms in total. The minimum absolute atomic E-state index is 0.116. The molecule has 8 heteroatoms. The molecule has 2 aromatic rings. The summed E-state index contributed by atoms with van der Waals surface area (Å²) in [6, 6.07) is 1.99. The Morgan fingerprint density at radius 1 is 1.22 bits per heavy atom. The van der Waals surface area contributed by atoms with Gasteiger partial charge in [-0.15, -0.1) is 10.2 Å². The molecular weight excluding hydrogens is 312 g/mol. The van der Waals surface area contributed by atoms with Gasteiger partial charge in [-0.3, -0.25) is 0 Å². The van der Waals surface area contributed by atoms with Gasteiger partial charge in [0.05, 0.1) is 13.2 Å². The summed E-state index contributed by atoms with van der Waals surface area (Å²) in [6.07, 6.45) is 5.75. The SMILES string of the molecule is c1cc(N2CCCC3(COCCN(c4nncs4)C3)C2)ncn1. The summed E-state index contributed by atoms with van der Waals surface area (Å²) in [5, 5.41) is 9.22. The molecule has 0 saturated carbocycles. The second-order valence-electron chi connectivity index (χ2n) is 6.29. The van der Waals surface area contributed by atoms with Gasteiger partial charge in [-0.2, -0.15) is 0 Å². The number of hydrogen-bond acceptors (Lipinski definition) is 8. The lowest BCUT2D eigenvalue weighted by molar-refractivity contribution is 0.0597. The van der Waals surface area contributed by atoms with Gasteiger partial charge in [-0.1, -0.05) is 11.3 Å². The molecule has 4 heterocycles. The van der Waals surface area contributed by atoms with Crippen molar-refractivity contribution in [1.29, 1.82) is 0 Å². The van der Waals surface area contributed by atoms with Crippen LogP contribution in [0.25, 0.3) is 0 Å². The zero-order valence-corrected chi connectivity index (χ0v) is 13.8. The molecule has 2 aromatic heterocycles. The quantitative estimate of drug-likeness (QED) is 0.824. The molecule has 0 aromatic carbocycles. The maximum absolute atomic E-state index is 5.96. The maximum Gasteiger partial charge on any atom is 0.208 e. The summed E-state index contributed by atoms with van der Waals surface area (Å²) in [7, 11) is 0. The van der Waals surface area contributed by atoms with Gasteiger partial charge in [0.1, 0.15) is 17.7 Å². The van der Waals surface area contributed by atoms with Crippen molar-refractivity contribution in [3.8, 4) is 0 Å². The van der Waals surface area contributed by atoms with Crippen LogP contribution in [-0.2, 0) is 4.74 Å². The molecule has 2 aliphatic rings. The van der Waals surface area contributed by atoms with Crippen molar-refractivity contribution in [3.05, 3.63) is 24.1 Å². The lowest BCUT2D eigenvalue weighted by Crippen LogP contribution is -2.51. The van der Waals surface area contributed by atoms with Crippen molar-refractivity contribution >= 4 is 22.3 Å². The Morgan fingerprint density at radius 3 is 3.00 bits per heavy atom. The van der Waals surface area contributed by atoms with Crippen molar-refractivity contribution in [1.82, 2.24) is 20.2 Å². The van der Waals surface area contributed by atoms with E-state index in [2.05, 4.69) is 30.0 Å². The molecule has 1 atom stereocenters. The number of piperidine rings is 1. The van der Waals surface area contributed by atoms with E-state index in [0.717, 1.165) is 56.8 Å². The molecule has 122 valence electrons. The Kier molecular flexibility index (Phi) is 4.09. The molecule has 0 N–H and O–H groups in total. The Labute approximate surface area is 139 Å². The van der Waals surface area contributed by atoms with Crippen LogP contribution in [0.15, 0.2) is 24.1 Å². The molecule has 0 radical (unpaired) electrons. The van der Waals surface area contributed by atoms with Crippen LogP contribution in [0.4, 0.5) is 10.9 Å². The molecule has 2 aliphatic heterocycles. The average Bonchev–Trinajstić information content (AvgIpc) is 3.06. The molecule has 2 saturated heterocycles. The van der Waals surface area contributed by atoms with Crippen LogP contribution in [-0.4, -0.2) is 59.6 Å². The highest BCUT2D eigenvalue weighted by Crippen LogP contribution is 2.36. The molecule has 0 aliphatic carbocycles. The van der Waals surface area contributed by atoms with E-state index in [0.29, 0.717) is 0 Å². The topological polar surface area (TPSA) is 67.3 Å². The number of anilines is 2. The van der Waals surface area contributed by atoms with Crippen LogP contribution in [0.5, 0.6) is 0 Å². The van der Waals surface area contributed by atoms with Crippen molar-refractivity contribution in [3.63, 3.8) is 0 Å². The van der Waals surface area contributed by atoms with Crippen LogP contribution in [0.3, 0.4) is 0 Å². The fourth-order valence-corrected chi connectivity index (χ4v) is 4.17. The van der Waals surface area contributed by atoms with Gasteiger partial charge < -0.3 is 14.5 Å². The number of rotatable bonds is 2. The summed E-state index contributed by atoms with van der Waals surface area (Å²) >= 11 is 1.60. The zero-order valence-electron chi connectivity index (χ0n) is 13.0. The largest absolute Gasteiger partial charge is 0.379 e. The first-order chi connectivity index (χ1) is 11.3. The van der Waals surface area contributed by atoms with Gasteiger partial charge in [0.15, 0.2) is 0 Å². The lowest BCUT2D eigenvalue weighted by Gasteiger charge is -2.43. The van der Waals surface area contributed by atoms with Crippen LogP contribution in [0.2, 0.25) is 0 Å². The smallest absolute Gasteiger partial charge is 0.208 e. The van der Waals surface area contributed by atoms with Gasteiger partial charge in [0.25, 0.3) is 0 Å². The van der Waals surface area contributed by atoms with E-state index in [4.69, 9.17) is 4.74 Å². The molecular formula is C15H20N6OS. The minimum atomic E-state index is 0.116. The average molecular weight is 332 g/mol. The molecule has 0 amide bonds. The molecule has 2 fully saturated rings. The molecule has 1 unspecified atom stereocenters. The van der Waals surface area contributed by atoms with Gasteiger partial charge in [0.2, 0.25) is 5.13 Å².